The summed E-state index contributed by atoms with van der Waals surface area (Å²) in [5.41, 5.74) is 7.99. The van der Waals surface area contributed by atoms with Gasteiger partial charge in [-0.15, -0.1) is 56.7 Å². The molecule has 148 heavy (non-hydrogen) atoms. The molecule has 15 amide bonds. The highest BCUT2D eigenvalue weighted by Gasteiger charge is 2.52. The number of carbonyl (C=O) groups is 15. The average Bonchev–Trinajstić information content (AvgIpc) is 1.61. The van der Waals surface area contributed by atoms with Gasteiger partial charge in [-0.3, -0.25) is 96.4 Å². The zero-order chi connectivity index (χ0) is 106. The Hall–Kier alpha value is -13.8. The van der Waals surface area contributed by atoms with Crippen molar-refractivity contribution >= 4 is 222 Å². The van der Waals surface area contributed by atoms with Crippen LogP contribution < -0.4 is 55.0 Å². The Labute approximate surface area is 866 Å². The van der Waals surface area contributed by atoms with Crippen LogP contribution >= 0.6 is 56.7 Å². The van der Waals surface area contributed by atoms with Gasteiger partial charge in [0.05, 0.1) is 141 Å². The Kier molecular flexibility index (Phi) is 29.5. The van der Waals surface area contributed by atoms with Crippen LogP contribution in [0.5, 0.6) is 34.5 Å². The molecule has 5 atom stereocenters. The molecular formula is C97H92N10O31S10. The summed E-state index contributed by atoms with van der Waals surface area (Å²) >= 11 is 5.36. The highest BCUT2D eigenvalue weighted by Crippen LogP contribution is 2.49. The first-order valence-corrected chi connectivity index (χ1v) is 60.2. The number of benzene rings is 5. The topological polar surface area (TPSA) is 558 Å². The average molecular weight is 2210 g/mol. The van der Waals surface area contributed by atoms with Crippen LogP contribution in [0.1, 0.15) is 222 Å². The molecule has 5 N–H and O–H groups in total. The minimum Gasteiger partial charge on any atom is -0.493 e. The van der Waals surface area contributed by atoms with E-state index in [1.807, 2.05) is 0 Å². The van der Waals surface area contributed by atoms with E-state index in [0.717, 1.165) is 171 Å². The third kappa shape index (κ3) is 22.3. The van der Waals surface area contributed by atoms with Crippen molar-refractivity contribution in [3.05, 3.63) is 222 Å². The second-order valence-corrected chi connectivity index (χ2v) is 51.8. The summed E-state index contributed by atoms with van der Waals surface area (Å²) < 4.78 is 154. The zero-order valence-electron chi connectivity index (χ0n) is 80.0. The minimum atomic E-state index is -3.56. The van der Waals surface area contributed by atoms with Gasteiger partial charge in [0.1, 0.15) is 110 Å². The summed E-state index contributed by atoms with van der Waals surface area (Å²) in [5, 5.41) is 21.2. The number of amides is 15. The lowest BCUT2D eigenvalue weighted by Gasteiger charge is -2.27. The fourth-order valence-electron chi connectivity index (χ4n) is 18.4. The van der Waals surface area contributed by atoms with E-state index >= 15 is 0 Å². The number of thiophene rings is 5. The lowest BCUT2D eigenvalue weighted by Crippen LogP contribution is -2.38. The first-order valence-electron chi connectivity index (χ1n) is 45.5. The predicted molar refractivity (Wildman–Crippen MR) is 545 cm³/mol. The maximum absolute atomic E-state index is 13.3. The highest BCUT2D eigenvalue weighted by atomic mass is 32.2. The van der Waals surface area contributed by atoms with Gasteiger partial charge in [0.2, 0.25) is 29.5 Å². The van der Waals surface area contributed by atoms with Crippen LogP contribution in [0.2, 0.25) is 0 Å². The molecule has 21 rings (SSSR count). The molecule has 5 aromatic heterocycles. The van der Waals surface area contributed by atoms with E-state index in [1.54, 1.807) is 96.4 Å². The van der Waals surface area contributed by atoms with Crippen molar-refractivity contribution in [1.82, 2.24) is 24.5 Å². The fourth-order valence-corrected chi connectivity index (χ4v) is 27.7. The van der Waals surface area contributed by atoms with Crippen LogP contribution in [0.25, 0.3) is 0 Å². The van der Waals surface area contributed by atoms with E-state index < -0.39 is 161 Å². The minimum absolute atomic E-state index is 0.0484. The smallest absolute Gasteiger partial charge is 0.272 e. The SMILES string of the molecule is CC(=O)Nc1csc2c1C(=O)N([C@@H](CS(C)(=O)=O)c1ccc3c(c1)CCO3)C2=O.CC(=O)Nc1csc2c1C(=O)N([C@@H](CS(C)(=O)=O)c1ccc3c(c1)CCO3)C2=O.CC(=O)Nc1csc2c1C(=O)N([C@H](CS(C)(=O)=O)c1ccc3c(c1)CCO3)C2=O.CC(=O)Nc1scc2c1C(=O)N([C@@H](CS(C)(=O)=O)c1ccc3c(c1)OCCO3)C2=O.CS(=O)(=O)C[C@@H](c1ccc2c(c1)CCO2)N1C(=O)c2csc(NC(=O)C3CC3)c2C1=O. The van der Waals surface area contributed by atoms with E-state index in [2.05, 4.69) is 26.6 Å². The van der Waals surface area contributed by atoms with E-state index in [9.17, 15) is 114 Å². The second-order valence-electron chi connectivity index (χ2n) is 36.5. The van der Waals surface area contributed by atoms with Gasteiger partial charge in [0, 0.05) is 117 Å². The highest BCUT2D eigenvalue weighted by molar-refractivity contribution is 7.91. The number of anilines is 5. The third-order valence-corrected chi connectivity index (χ3v) is 34.2. The van der Waals surface area contributed by atoms with Crippen LogP contribution in [0.3, 0.4) is 0 Å². The molecule has 41 nitrogen and oxygen atoms in total. The van der Waals surface area contributed by atoms with Gasteiger partial charge in [0.15, 0.2) is 11.5 Å². The van der Waals surface area contributed by atoms with Gasteiger partial charge < -0.3 is 55.0 Å². The van der Waals surface area contributed by atoms with Gasteiger partial charge in [-0.2, -0.15) is 0 Å². The fraction of sp³-hybridized carbons (Fsp3) is 0.330. The first kappa shape index (κ1) is 106. The molecule has 0 saturated heterocycles. The maximum Gasteiger partial charge on any atom is 0.272 e. The standard InChI is InChI=1S/C21H20N2O6S2.C19H18N2O7S2.3C19H18N2O6S2/c1-31(27,28)10-15(12-4-5-16-13(8-12)6-7-29-16)23-20(25)14-9-30-19(17(14)21(23)26)22-18(24)11-2-3-11;1-10(22)20-17-16-12(8-29-17)18(23)21(19(16)24)13(9-30(2,25)26)11-3-4-14-15(7-11)28-6-5-27-14;3*1-10(22)20-13-8-28-17-16(13)18(23)21(19(17)24)14(9-29(2,25)26)11-3-4-15-12(7-11)5-6-27-15/h4-5,8-9,11,15H,2-3,6-7,10H2,1H3,(H,22,24);3-4,7-8,13H,5-6,9H2,1-2H3,(H,20,22);3*3-4,7-8,14H,5-6,9H2,1-2H3,(H,20,22)/t15-;13-;3*14-/m00100/s1. The van der Waals surface area contributed by atoms with Crippen molar-refractivity contribution in [1.29, 1.82) is 0 Å². The molecule has 0 spiro atoms. The number of hydrogen-bond acceptors (Lipinski definition) is 36. The van der Waals surface area contributed by atoms with Gasteiger partial charge in [-0.1, -0.05) is 30.3 Å². The number of fused-ring (bicyclic) bond motifs is 10. The van der Waals surface area contributed by atoms with E-state index in [4.69, 9.17) is 28.4 Å². The second kappa shape index (κ2) is 41.4. The number of imide groups is 5. The van der Waals surface area contributed by atoms with Crippen molar-refractivity contribution in [2.45, 2.75) is 96.4 Å². The Morgan fingerprint density at radius 2 is 0.547 bits per heavy atom. The Morgan fingerprint density at radius 1 is 0.297 bits per heavy atom. The number of nitrogens with zero attached hydrogens (tertiary/aromatic N) is 5. The van der Waals surface area contributed by atoms with Crippen molar-refractivity contribution in [2.24, 2.45) is 5.92 Å². The Bertz CT molecular complexity index is 7560. The van der Waals surface area contributed by atoms with Crippen molar-refractivity contribution in [3.63, 3.8) is 0 Å². The monoisotopic (exact) mass is 2210 g/mol. The zero-order valence-corrected chi connectivity index (χ0v) is 88.2. The number of carbonyl (C=O) groups excluding carboxylic acids is 15. The molecule has 776 valence electrons. The molecule has 51 heteroatoms. The van der Waals surface area contributed by atoms with E-state index in [-0.39, 0.29) is 117 Å². The predicted octanol–water partition coefficient (Wildman–Crippen LogP) is 10.3. The molecule has 10 aromatic rings. The van der Waals surface area contributed by atoms with Gasteiger partial charge in [-0.25, -0.2) is 42.1 Å². The van der Waals surface area contributed by atoms with Gasteiger partial charge >= 0.3 is 0 Å². The number of ether oxygens (including phenoxy) is 6. The summed E-state index contributed by atoms with van der Waals surface area (Å²) in [6.45, 7) is 8.11. The lowest BCUT2D eigenvalue weighted by atomic mass is 10.0. The number of rotatable bonds is 26. The molecule has 1 fully saturated rings. The van der Waals surface area contributed by atoms with Gasteiger partial charge in [-0.05, 0) is 124 Å². The number of nitrogens with one attached hydrogen (secondary N) is 5. The first-order chi connectivity index (χ1) is 69.8. The summed E-state index contributed by atoms with van der Waals surface area (Å²) in [5.74, 6) is -5.78. The molecule has 0 bridgehead atoms. The molecule has 1 aliphatic carbocycles. The molecule has 15 heterocycles. The van der Waals surface area contributed by atoms with Crippen molar-refractivity contribution in [2.75, 3.05) is 126 Å². The number of sulfone groups is 5. The largest absolute Gasteiger partial charge is 0.493 e. The summed E-state index contributed by atoms with van der Waals surface area (Å²) in [7, 11) is -17.6. The van der Waals surface area contributed by atoms with Crippen LogP contribution in [0.15, 0.2) is 118 Å². The van der Waals surface area contributed by atoms with Crippen molar-refractivity contribution < 1.29 is 142 Å². The van der Waals surface area contributed by atoms with Crippen molar-refractivity contribution in [3.8, 4) is 34.5 Å². The summed E-state index contributed by atoms with van der Waals surface area (Å²) in [6, 6.07) is 20.8. The summed E-state index contributed by atoms with van der Waals surface area (Å²) in [4.78, 5) is 195. The van der Waals surface area contributed by atoms with E-state index in [1.165, 1.54) is 49.2 Å². The normalized spacial score (nSPS) is 16.9. The maximum atomic E-state index is 13.3. The molecule has 0 unspecified atom stereocenters. The quantitative estimate of drug-likeness (QED) is 0.0314. The van der Waals surface area contributed by atoms with Crippen LogP contribution in [0.4, 0.5) is 27.1 Å². The van der Waals surface area contributed by atoms with E-state index in [0.29, 0.717) is 110 Å². The molecule has 1 saturated carbocycles. The van der Waals surface area contributed by atoms with Crippen LogP contribution in [0, 0.1) is 5.92 Å². The summed E-state index contributed by atoms with van der Waals surface area (Å²) in [6.07, 6.45) is 9.68. The third-order valence-electron chi connectivity index (χ3n) is 24.9. The Morgan fingerprint density at radius 3 is 0.824 bits per heavy atom. The van der Waals surface area contributed by atoms with Crippen LogP contribution in [-0.4, -0.2) is 255 Å². The number of hydrogen-bond donors (Lipinski definition) is 5. The molecule has 0 radical (unpaired) electrons. The Balaban J connectivity index is 0.000000126. The molecule has 10 aliphatic heterocycles. The molecule has 11 aliphatic rings. The molecule has 5 aromatic carbocycles. The van der Waals surface area contributed by atoms with Gasteiger partial charge in [0.25, 0.3) is 59.1 Å². The lowest BCUT2D eigenvalue weighted by molar-refractivity contribution is -0.117. The molecular weight excluding hydrogens is 2120 g/mol. The van der Waals surface area contributed by atoms with Crippen LogP contribution in [-0.2, 0) is 98.8 Å².